The topological polar surface area (TPSA) is 54.5 Å². The number of benzene rings is 5. The Morgan fingerprint density at radius 2 is 1.30 bits per heavy atom. The average molecular weight is 524 g/mol. The number of aromatic nitrogens is 1. The first kappa shape index (κ1) is 24.1. The Balaban J connectivity index is 1.68. The van der Waals surface area contributed by atoms with Crippen molar-refractivity contribution in [3.8, 4) is 17.2 Å². The van der Waals surface area contributed by atoms with E-state index in [-0.39, 0.29) is 11.7 Å². The molecule has 4 heteroatoms. The lowest BCUT2D eigenvalue weighted by Gasteiger charge is -2.43. The highest BCUT2D eigenvalue weighted by Crippen LogP contribution is 2.57. The predicted octanol–water partition coefficient (Wildman–Crippen LogP) is 7.77. The molecule has 1 heterocycles. The standard InChI is InChI=1S/C36H29NO3/c1-39-27-16-13-23(14-17-27)33-29-21-26(38)15-19-31(29)36(24-9-5-3-6-10-24,25-11-7-4-8-12-25)35-34(33)30-22-28(40-2)18-20-32(30)37-35/h3-22,33,37-38H,1-2H3. The largest absolute Gasteiger partial charge is 0.508 e. The normalized spacial score (nSPS) is 15.3. The van der Waals surface area contributed by atoms with Gasteiger partial charge in [0.2, 0.25) is 0 Å². The number of rotatable bonds is 5. The fraction of sp³-hybridized carbons (Fsp3) is 0.111. The number of phenols is 1. The van der Waals surface area contributed by atoms with Crippen molar-refractivity contribution in [3.63, 3.8) is 0 Å². The Kier molecular flexibility index (Phi) is 5.64. The third-order valence-corrected chi connectivity index (χ3v) is 8.32. The van der Waals surface area contributed by atoms with Crippen LogP contribution in [0.2, 0.25) is 0 Å². The van der Waals surface area contributed by atoms with E-state index in [4.69, 9.17) is 9.47 Å². The van der Waals surface area contributed by atoms with E-state index >= 15 is 0 Å². The lowest BCUT2D eigenvalue weighted by molar-refractivity contribution is 0.414. The van der Waals surface area contributed by atoms with Crippen LogP contribution < -0.4 is 9.47 Å². The van der Waals surface area contributed by atoms with Gasteiger partial charge in [0.1, 0.15) is 17.2 Å². The molecular formula is C36H29NO3. The number of nitrogens with one attached hydrogen (secondary N) is 1. The molecule has 5 aromatic carbocycles. The fourth-order valence-corrected chi connectivity index (χ4v) is 6.62. The zero-order valence-corrected chi connectivity index (χ0v) is 22.4. The van der Waals surface area contributed by atoms with Crippen LogP contribution in [0.15, 0.2) is 121 Å². The number of hydrogen-bond acceptors (Lipinski definition) is 3. The van der Waals surface area contributed by atoms with Gasteiger partial charge in [-0.2, -0.15) is 0 Å². The van der Waals surface area contributed by atoms with E-state index in [1.807, 2.05) is 24.3 Å². The van der Waals surface area contributed by atoms with Gasteiger partial charge in [-0.3, -0.25) is 0 Å². The molecule has 7 rings (SSSR count). The molecule has 2 N–H and O–H groups in total. The first-order valence-corrected chi connectivity index (χ1v) is 13.4. The number of aromatic hydroxyl groups is 1. The van der Waals surface area contributed by atoms with Gasteiger partial charge >= 0.3 is 0 Å². The summed E-state index contributed by atoms with van der Waals surface area (Å²) >= 11 is 0. The predicted molar refractivity (Wildman–Crippen MR) is 159 cm³/mol. The van der Waals surface area contributed by atoms with Crippen molar-refractivity contribution < 1.29 is 14.6 Å². The first-order valence-electron chi connectivity index (χ1n) is 13.4. The molecule has 1 aliphatic carbocycles. The maximum absolute atomic E-state index is 10.9. The molecule has 0 radical (unpaired) electrons. The zero-order chi connectivity index (χ0) is 27.3. The van der Waals surface area contributed by atoms with Crippen molar-refractivity contribution in [1.29, 1.82) is 0 Å². The van der Waals surface area contributed by atoms with Gasteiger partial charge in [0.25, 0.3) is 0 Å². The fourth-order valence-electron chi connectivity index (χ4n) is 6.62. The average Bonchev–Trinajstić information content (AvgIpc) is 3.39. The van der Waals surface area contributed by atoms with Crippen molar-refractivity contribution in [1.82, 2.24) is 4.98 Å². The van der Waals surface area contributed by atoms with Gasteiger partial charge in [-0.1, -0.05) is 78.9 Å². The molecule has 4 nitrogen and oxygen atoms in total. The summed E-state index contributed by atoms with van der Waals surface area (Å²) in [5, 5.41) is 12.0. The molecule has 0 bridgehead atoms. The summed E-state index contributed by atoms with van der Waals surface area (Å²) in [4.78, 5) is 3.89. The summed E-state index contributed by atoms with van der Waals surface area (Å²) in [6, 6.07) is 41.6. The zero-order valence-electron chi connectivity index (χ0n) is 22.4. The molecule has 0 spiro atoms. The van der Waals surface area contributed by atoms with Crippen LogP contribution in [0, 0.1) is 0 Å². The number of ether oxygens (including phenoxy) is 2. The van der Waals surface area contributed by atoms with Gasteiger partial charge in [-0.15, -0.1) is 0 Å². The first-order chi connectivity index (χ1) is 19.6. The molecule has 1 aromatic heterocycles. The second-order valence-electron chi connectivity index (χ2n) is 10.3. The van der Waals surface area contributed by atoms with E-state index in [1.165, 1.54) is 5.56 Å². The minimum Gasteiger partial charge on any atom is -0.508 e. The third-order valence-electron chi connectivity index (χ3n) is 8.32. The molecular weight excluding hydrogens is 494 g/mol. The lowest BCUT2D eigenvalue weighted by atomic mass is 9.58. The number of methoxy groups -OCH3 is 2. The number of H-pyrrole nitrogens is 1. The van der Waals surface area contributed by atoms with Gasteiger partial charge in [-0.25, -0.2) is 0 Å². The van der Waals surface area contributed by atoms with Crippen LogP contribution in [0.3, 0.4) is 0 Å². The summed E-state index contributed by atoms with van der Waals surface area (Å²) in [6.45, 7) is 0. The van der Waals surface area contributed by atoms with Crippen LogP contribution in [0.1, 0.15) is 45.0 Å². The van der Waals surface area contributed by atoms with Crippen LogP contribution >= 0.6 is 0 Å². The molecule has 6 aromatic rings. The Hall–Kier alpha value is -4.96. The quantitative estimate of drug-likeness (QED) is 0.242. The second-order valence-corrected chi connectivity index (χ2v) is 10.3. The summed E-state index contributed by atoms with van der Waals surface area (Å²) in [5.74, 6) is 1.71. The smallest absolute Gasteiger partial charge is 0.119 e. The molecule has 0 saturated heterocycles. The molecule has 0 saturated carbocycles. The summed E-state index contributed by atoms with van der Waals surface area (Å²) in [7, 11) is 3.38. The van der Waals surface area contributed by atoms with E-state index in [1.54, 1.807) is 20.3 Å². The lowest BCUT2D eigenvalue weighted by Crippen LogP contribution is -2.37. The van der Waals surface area contributed by atoms with Crippen LogP contribution in [0.5, 0.6) is 17.2 Å². The minimum absolute atomic E-state index is 0.135. The van der Waals surface area contributed by atoms with Gasteiger partial charge < -0.3 is 19.6 Å². The van der Waals surface area contributed by atoms with Crippen molar-refractivity contribution in [2.24, 2.45) is 0 Å². The van der Waals surface area contributed by atoms with E-state index in [0.717, 1.165) is 55.9 Å². The molecule has 1 atom stereocenters. The third kappa shape index (κ3) is 3.46. The highest BCUT2D eigenvalue weighted by Gasteiger charge is 2.49. The molecule has 196 valence electrons. The summed E-state index contributed by atoms with van der Waals surface area (Å²) in [5.41, 5.74) is 8.31. The number of hydrogen-bond donors (Lipinski definition) is 2. The van der Waals surface area contributed by atoms with Gasteiger partial charge in [0, 0.05) is 22.5 Å². The molecule has 0 aliphatic heterocycles. The molecule has 0 fully saturated rings. The van der Waals surface area contributed by atoms with Crippen molar-refractivity contribution in [2.45, 2.75) is 11.3 Å². The molecule has 1 aliphatic rings. The van der Waals surface area contributed by atoms with Crippen LogP contribution in [0.25, 0.3) is 10.9 Å². The highest BCUT2D eigenvalue weighted by molar-refractivity contribution is 5.91. The maximum Gasteiger partial charge on any atom is 0.119 e. The van der Waals surface area contributed by atoms with Gasteiger partial charge in [0.05, 0.1) is 19.6 Å². The van der Waals surface area contributed by atoms with E-state index in [9.17, 15) is 5.11 Å². The second kappa shape index (κ2) is 9.35. The summed E-state index contributed by atoms with van der Waals surface area (Å²) < 4.78 is 11.2. The Morgan fingerprint density at radius 3 is 1.93 bits per heavy atom. The van der Waals surface area contributed by atoms with Crippen molar-refractivity contribution >= 4 is 10.9 Å². The van der Waals surface area contributed by atoms with Crippen LogP contribution in [-0.2, 0) is 5.41 Å². The molecule has 1 unspecified atom stereocenters. The van der Waals surface area contributed by atoms with E-state index in [0.29, 0.717) is 0 Å². The Morgan fingerprint density at radius 1 is 0.675 bits per heavy atom. The molecule has 40 heavy (non-hydrogen) atoms. The SMILES string of the molecule is COc1ccc(C2c3cc(O)ccc3C(c3ccccc3)(c3ccccc3)c3[nH]c4ccc(OC)cc4c32)cc1. The van der Waals surface area contributed by atoms with Crippen molar-refractivity contribution in [2.75, 3.05) is 14.2 Å². The van der Waals surface area contributed by atoms with Crippen LogP contribution in [-0.4, -0.2) is 24.3 Å². The summed E-state index contributed by atoms with van der Waals surface area (Å²) in [6.07, 6.45) is 0. The molecule has 0 amide bonds. The number of phenolic OH excluding ortho intramolecular Hbond substituents is 1. The minimum atomic E-state index is -0.643. The number of aromatic amines is 1. The van der Waals surface area contributed by atoms with Gasteiger partial charge in [0.15, 0.2) is 0 Å². The maximum atomic E-state index is 10.9. The van der Waals surface area contributed by atoms with E-state index in [2.05, 4.69) is 96.0 Å². The highest BCUT2D eigenvalue weighted by atomic mass is 16.5. The monoisotopic (exact) mass is 523 g/mol. The van der Waals surface area contributed by atoms with Crippen molar-refractivity contribution in [3.05, 3.63) is 160 Å². The van der Waals surface area contributed by atoms with Crippen LogP contribution in [0.4, 0.5) is 0 Å². The Bertz CT molecular complexity index is 1780. The van der Waals surface area contributed by atoms with Gasteiger partial charge in [-0.05, 0) is 75.8 Å². The number of fused-ring (bicyclic) bond motifs is 4. The Labute approximate surface area is 233 Å². The van der Waals surface area contributed by atoms with E-state index < -0.39 is 5.41 Å².